The largest absolute Gasteiger partial charge is 0.471 e. The van der Waals surface area contributed by atoms with E-state index in [1.807, 2.05) is 0 Å². The summed E-state index contributed by atoms with van der Waals surface area (Å²) in [6, 6.07) is 0. The number of nitrogens with zero attached hydrogens (tertiary/aromatic N) is 3. The van der Waals surface area contributed by atoms with Crippen LogP contribution in [0.5, 0.6) is 0 Å². The Bertz CT molecular complexity index is 677. The van der Waals surface area contributed by atoms with Gasteiger partial charge in [0.25, 0.3) is 5.56 Å². The van der Waals surface area contributed by atoms with Gasteiger partial charge in [-0.05, 0) is 0 Å². The predicted molar refractivity (Wildman–Crippen MR) is 62.8 cm³/mol. The Morgan fingerprint density at radius 1 is 1.61 bits per heavy atom. The van der Waals surface area contributed by atoms with Crippen LogP contribution in [0, 0.1) is 0 Å². The van der Waals surface area contributed by atoms with Gasteiger partial charge >= 0.3 is 0 Å². The van der Waals surface area contributed by atoms with Gasteiger partial charge in [0.15, 0.2) is 17.4 Å². The SMILES string of the molecule is O=c1[nH]cnc2c1ncn2[C@H]1CC(O)/C(=C/Cl)O1. The smallest absolute Gasteiger partial charge is 0.278 e. The van der Waals surface area contributed by atoms with Crippen molar-refractivity contribution in [2.24, 2.45) is 0 Å². The zero-order valence-corrected chi connectivity index (χ0v) is 9.83. The summed E-state index contributed by atoms with van der Waals surface area (Å²) in [5.41, 5.74) is 1.53. The molecule has 2 atom stereocenters. The van der Waals surface area contributed by atoms with Crippen molar-refractivity contribution in [1.82, 2.24) is 19.5 Å². The Labute approximate surface area is 106 Å². The molecule has 2 aromatic heterocycles. The summed E-state index contributed by atoms with van der Waals surface area (Å²) in [5.74, 6) is 0.299. The molecule has 1 aliphatic heterocycles. The number of halogens is 1. The Hall–Kier alpha value is -1.86. The number of aromatic nitrogens is 4. The lowest BCUT2D eigenvalue weighted by Crippen LogP contribution is -2.10. The summed E-state index contributed by atoms with van der Waals surface area (Å²) in [5, 5.41) is 9.69. The van der Waals surface area contributed by atoms with E-state index in [-0.39, 0.29) is 11.1 Å². The molecule has 2 aromatic rings. The van der Waals surface area contributed by atoms with E-state index >= 15 is 0 Å². The zero-order chi connectivity index (χ0) is 12.7. The van der Waals surface area contributed by atoms with Crippen LogP contribution in [-0.2, 0) is 4.74 Å². The van der Waals surface area contributed by atoms with Crippen LogP contribution < -0.4 is 5.56 Å². The number of H-pyrrole nitrogens is 1. The molecule has 7 nitrogen and oxygen atoms in total. The summed E-state index contributed by atoms with van der Waals surface area (Å²) in [6.45, 7) is 0. The highest BCUT2D eigenvalue weighted by Gasteiger charge is 2.31. The predicted octanol–water partition coefficient (Wildman–Crippen LogP) is 0.480. The summed E-state index contributed by atoms with van der Waals surface area (Å²) in [6.07, 6.45) is 1.86. The second-order valence-corrected chi connectivity index (χ2v) is 4.11. The van der Waals surface area contributed by atoms with Crippen LogP contribution in [-0.4, -0.2) is 30.7 Å². The Kier molecular flexibility index (Phi) is 2.57. The van der Waals surface area contributed by atoms with E-state index in [2.05, 4.69) is 15.0 Å². The van der Waals surface area contributed by atoms with Gasteiger partial charge in [-0.1, -0.05) is 11.6 Å². The maximum Gasteiger partial charge on any atom is 0.278 e. The van der Waals surface area contributed by atoms with Crippen LogP contribution in [0.1, 0.15) is 12.6 Å². The molecule has 3 rings (SSSR count). The van der Waals surface area contributed by atoms with Crippen LogP contribution >= 0.6 is 11.6 Å². The van der Waals surface area contributed by atoms with E-state index in [0.29, 0.717) is 17.8 Å². The summed E-state index contributed by atoms with van der Waals surface area (Å²) in [4.78, 5) is 22.0. The van der Waals surface area contributed by atoms with Crippen molar-refractivity contribution in [2.45, 2.75) is 18.8 Å². The molecule has 0 radical (unpaired) electrons. The third-order valence-corrected chi connectivity index (χ3v) is 3.02. The fourth-order valence-electron chi connectivity index (χ4n) is 1.93. The van der Waals surface area contributed by atoms with Crippen molar-refractivity contribution < 1.29 is 9.84 Å². The van der Waals surface area contributed by atoms with Crippen LogP contribution in [0.3, 0.4) is 0 Å². The highest BCUT2D eigenvalue weighted by Crippen LogP contribution is 2.32. The lowest BCUT2D eigenvalue weighted by Gasteiger charge is -2.11. The zero-order valence-electron chi connectivity index (χ0n) is 9.08. The van der Waals surface area contributed by atoms with Gasteiger partial charge in [-0.3, -0.25) is 9.36 Å². The molecular weight excluding hydrogens is 260 g/mol. The quantitative estimate of drug-likeness (QED) is 0.785. The first-order valence-electron chi connectivity index (χ1n) is 5.26. The fourth-order valence-corrected chi connectivity index (χ4v) is 2.13. The molecule has 1 unspecified atom stereocenters. The standard InChI is InChI=1S/C10H9ClN4O3/c11-2-6-5(16)1-7(18-6)15-4-14-8-9(15)12-3-13-10(8)17/h2-5,7,16H,1H2,(H,12,13,17)/b6-2-/t5?,7-/m1/s1. The number of ether oxygens (including phenoxy) is 1. The third kappa shape index (κ3) is 1.59. The number of rotatable bonds is 1. The number of nitrogens with one attached hydrogen (secondary N) is 1. The molecule has 0 spiro atoms. The molecule has 0 bridgehead atoms. The topological polar surface area (TPSA) is 93.0 Å². The van der Waals surface area contributed by atoms with Gasteiger partial charge in [0, 0.05) is 12.0 Å². The highest BCUT2D eigenvalue weighted by atomic mass is 35.5. The molecule has 8 heteroatoms. The molecule has 1 aliphatic rings. The minimum Gasteiger partial charge on any atom is -0.471 e. The van der Waals surface area contributed by atoms with Crippen molar-refractivity contribution in [3.63, 3.8) is 0 Å². The molecule has 1 fully saturated rings. The minimum absolute atomic E-state index is 0.235. The first kappa shape index (κ1) is 11.2. The maximum atomic E-state index is 11.5. The number of imidazole rings is 1. The molecule has 2 N–H and O–H groups in total. The van der Waals surface area contributed by atoms with Gasteiger partial charge in [0.05, 0.1) is 6.33 Å². The van der Waals surface area contributed by atoms with Crippen molar-refractivity contribution in [3.05, 3.63) is 34.3 Å². The van der Waals surface area contributed by atoms with Crippen LogP contribution in [0.25, 0.3) is 11.2 Å². The number of hydrogen-bond donors (Lipinski definition) is 2. The van der Waals surface area contributed by atoms with E-state index in [1.165, 1.54) is 18.2 Å². The average molecular weight is 269 g/mol. The Balaban J connectivity index is 2.07. The first-order valence-corrected chi connectivity index (χ1v) is 5.69. The molecular formula is C10H9ClN4O3. The Morgan fingerprint density at radius 2 is 2.44 bits per heavy atom. The number of fused-ring (bicyclic) bond motifs is 1. The van der Waals surface area contributed by atoms with Gasteiger partial charge in [0.1, 0.15) is 18.2 Å². The highest BCUT2D eigenvalue weighted by molar-refractivity contribution is 6.25. The van der Waals surface area contributed by atoms with Crippen LogP contribution in [0.15, 0.2) is 28.7 Å². The number of aromatic amines is 1. The molecule has 0 aromatic carbocycles. The lowest BCUT2D eigenvalue weighted by molar-refractivity contribution is 0.101. The average Bonchev–Trinajstić information content (AvgIpc) is 2.93. The van der Waals surface area contributed by atoms with Crippen LogP contribution in [0.4, 0.5) is 0 Å². The van der Waals surface area contributed by atoms with Gasteiger partial charge in [0.2, 0.25) is 0 Å². The molecule has 0 amide bonds. The van der Waals surface area contributed by atoms with Gasteiger partial charge in [-0.25, -0.2) is 9.97 Å². The van der Waals surface area contributed by atoms with Crippen LogP contribution in [0.2, 0.25) is 0 Å². The van der Waals surface area contributed by atoms with Crippen molar-refractivity contribution in [1.29, 1.82) is 0 Å². The van der Waals surface area contributed by atoms with Crippen molar-refractivity contribution >= 4 is 22.8 Å². The summed E-state index contributed by atoms with van der Waals surface area (Å²) < 4.78 is 7.06. The monoisotopic (exact) mass is 268 g/mol. The first-order chi connectivity index (χ1) is 8.70. The fraction of sp³-hybridized carbons (Fsp3) is 0.300. The van der Waals surface area contributed by atoms with E-state index in [9.17, 15) is 9.90 Å². The van der Waals surface area contributed by atoms with Gasteiger partial charge in [-0.2, -0.15) is 0 Å². The molecule has 18 heavy (non-hydrogen) atoms. The molecule has 94 valence electrons. The molecule has 0 saturated carbocycles. The molecule has 3 heterocycles. The minimum atomic E-state index is -0.757. The second-order valence-electron chi connectivity index (χ2n) is 3.89. The van der Waals surface area contributed by atoms with Crippen molar-refractivity contribution in [3.8, 4) is 0 Å². The number of aliphatic hydroxyl groups excluding tert-OH is 1. The molecule has 0 aliphatic carbocycles. The van der Waals surface area contributed by atoms with Crippen molar-refractivity contribution in [2.75, 3.05) is 0 Å². The van der Waals surface area contributed by atoms with Gasteiger partial charge < -0.3 is 14.8 Å². The van der Waals surface area contributed by atoms with E-state index in [0.717, 1.165) is 0 Å². The van der Waals surface area contributed by atoms with E-state index in [1.54, 1.807) is 4.57 Å². The van der Waals surface area contributed by atoms with Gasteiger partial charge in [-0.15, -0.1) is 0 Å². The number of aliphatic hydroxyl groups is 1. The second kappa shape index (κ2) is 4.11. The number of hydrogen-bond acceptors (Lipinski definition) is 5. The normalized spacial score (nSPS) is 25.8. The Morgan fingerprint density at radius 3 is 3.17 bits per heavy atom. The molecule has 1 saturated heterocycles. The maximum absolute atomic E-state index is 11.5. The third-order valence-electron chi connectivity index (χ3n) is 2.81. The summed E-state index contributed by atoms with van der Waals surface area (Å²) >= 11 is 5.53. The summed E-state index contributed by atoms with van der Waals surface area (Å²) in [7, 11) is 0. The lowest BCUT2D eigenvalue weighted by atomic mass is 10.2. The van der Waals surface area contributed by atoms with E-state index < -0.39 is 12.3 Å². The van der Waals surface area contributed by atoms with E-state index in [4.69, 9.17) is 16.3 Å².